The molecule has 0 radical (unpaired) electrons. The summed E-state index contributed by atoms with van der Waals surface area (Å²) >= 11 is 0. The average Bonchev–Trinajstić information content (AvgIpc) is 2.48. The minimum Gasteiger partial charge on any atom is -0.323 e. The molecule has 1 heterocycles. The predicted octanol–water partition coefficient (Wildman–Crippen LogP) is 3.52. The summed E-state index contributed by atoms with van der Waals surface area (Å²) in [5.41, 5.74) is 2.57. The number of hydrogen-bond acceptors (Lipinski definition) is 0. The van der Waals surface area contributed by atoms with E-state index in [2.05, 4.69) is 61.1 Å². The van der Waals surface area contributed by atoms with Crippen molar-refractivity contribution in [2.75, 3.05) is 0 Å². The van der Waals surface area contributed by atoms with E-state index >= 15 is 0 Å². The molecule has 1 aromatic heterocycles. The Hall–Kier alpha value is -1.50. The van der Waals surface area contributed by atoms with Crippen molar-refractivity contribution in [1.29, 1.82) is 0 Å². The quantitative estimate of drug-likeness (QED) is 0.618. The molecule has 0 saturated carbocycles. The van der Waals surface area contributed by atoms with Gasteiger partial charge < -0.3 is 4.57 Å². The summed E-state index contributed by atoms with van der Waals surface area (Å²) in [6.45, 7) is 4.21. The van der Waals surface area contributed by atoms with Gasteiger partial charge in [-0.2, -0.15) is 0 Å². The standard InChI is InChI=1S/C12H13N/c1-10(2)9-13-8-7-11-5-3-4-6-12(11)13/h3-9H,1-2H3. The van der Waals surface area contributed by atoms with Crippen LogP contribution in [0, 0.1) is 0 Å². The molecule has 0 aliphatic heterocycles. The summed E-state index contributed by atoms with van der Waals surface area (Å²) in [5, 5.41) is 1.29. The third-order valence-corrected chi connectivity index (χ3v) is 2.03. The van der Waals surface area contributed by atoms with Gasteiger partial charge in [0.2, 0.25) is 0 Å². The SMILES string of the molecule is CC(C)=Cn1ccc2ccccc21. The minimum atomic E-state index is 1.27. The third kappa shape index (κ3) is 1.50. The van der Waals surface area contributed by atoms with E-state index in [0.717, 1.165) is 0 Å². The Morgan fingerprint density at radius 1 is 1.15 bits per heavy atom. The maximum absolute atomic E-state index is 2.16. The van der Waals surface area contributed by atoms with Crippen LogP contribution in [0.15, 0.2) is 42.1 Å². The summed E-state index contributed by atoms with van der Waals surface area (Å²) in [6.07, 6.45) is 4.24. The van der Waals surface area contributed by atoms with Crippen LogP contribution in [0.2, 0.25) is 0 Å². The van der Waals surface area contributed by atoms with Gasteiger partial charge in [-0.15, -0.1) is 0 Å². The monoisotopic (exact) mass is 171 g/mol. The van der Waals surface area contributed by atoms with Crippen LogP contribution in [0.1, 0.15) is 13.8 Å². The zero-order valence-corrected chi connectivity index (χ0v) is 7.99. The summed E-state index contributed by atoms with van der Waals surface area (Å²) in [4.78, 5) is 0. The van der Waals surface area contributed by atoms with Gasteiger partial charge in [0.25, 0.3) is 0 Å². The molecule has 0 spiro atoms. The molecule has 0 aliphatic rings. The van der Waals surface area contributed by atoms with E-state index in [1.165, 1.54) is 16.5 Å². The topological polar surface area (TPSA) is 4.93 Å². The van der Waals surface area contributed by atoms with Gasteiger partial charge in [-0.3, -0.25) is 0 Å². The number of aromatic nitrogens is 1. The molecule has 0 atom stereocenters. The Labute approximate surface area is 78.3 Å². The van der Waals surface area contributed by atoms with E-state index in [0.29, 0.717) is 0 Å². The van der Waals surface area contributed by atoms with E-state index in [4.69, 9.17) is 0 Å². The highest BCUT2D eigenvalue weighted by atomic mass is 14.9. The Morgan fingerprint density at radius 2 is 1.92 bits per heavy atom. The molecule has 0 saturated heterocycles. The Kier molecular flexibility index (Phi) is 1.93. The second-order valence-electron chi connectivity index (χ2n) is 3.49. The lowest BCUT2D eigenvalue weighted by atomic mass is 10.2. The highest BCUT2D eigenvalue weighted by Gasteiger charge is 1.95. The molecule has 2 aromatic rings. The van der Waals surface area contributed by atoms with Crippen molar-refractivity contribution in [2.45, 2.75) is 13.8 Å². The maximum Gasteiger partial charge on any atom is 0.0522 e. The number of nitrogens with zero attached hydrogens (tertiary/aromatic N) is 1. The van der Waals surface area contributed by atoms with Gasteiger partial charge in [0.1, 0.15) is 0 Å². The van der Waals surface area contributed by atoms with Crippen LogP contribution >= 0.6 is 0 Å². The van der Waals surface area contributed by atoms with Gasteiger partial charge in [-0.25, -0.2) is 0 Å². The first kappa shape index (κ1) is 8.11. The van der Waals surface area contributed by atoms with Crippen LogP contribution in [-0.4, -0.2) is 4.57 Å². The number of para-hydroxylation sites is 1. The first-order chi connectivity index (χ1) is 6.27. The fourth-order valence-electron chi connectivity index (χ4n) is 1.50. The predicted molar refractivity (Wildman–Crippen MR) is 57.6 cm³/mol. The Bertz CT molecular complexity index is 445. The third-order valence-electron chi connectivity index (χ3n) is 2.03. The van der Waals surface area contributed by atoms with Crippen molar-refractivity contribution in [1.82, 2.24) is 4.57 Å². The summed E-state index contributed by atoms with van der Waals surface area (Å²) in [5.74, 6) is 0. The number of fused-ring (bicyclic) bond motifs is 1. The van der Waals surface area contributed by atoms with Crippen LogP contribution in [0.4, 0.5) is 0 Å². The smallest absolute Gasteiger partial charge is 0.0522 e. The first-order valence-electron chi connectivity index (χ1n) is 4.48. The minimum absolute atomic E-state index is 1.27. The maximum atomic E-state index is 2.16. The molecule has 0 bridgehead atoms. The van der Waals surface area contributed by atoms with E-state index < -0.39 is 0 Å². The normalized spacial score (nSPS) is 10.3. The fourth-order valence-corrected chi connectivity index (χ4v) is 1.50. The van der Waals surface area contributed by atoms with Crippen molar-refractivity contribution in [2.24, 2.45) is 0 Å². The number of allylic oxidation sites excluding steroid dienone is 1. The zero-order valence-electron chi connectivity index (χ0n) is 7.99. The van der Waals surface area contributed by atoms with Gasteiger partial charge in [0.15, 0.2) is 0 Å². The average molecular weight is 171 g/mol. The molecule has 0 aliphatic carbocycles. The van der Waals surface area contributed by atoms with Crippen LogP contribution in [0.5, 0.6) is 0 Å². The first-order valence-corrected chi connectivity index (χ1v) is 4.48. The molecule has 1 aromatic carbocycles. The highest BCUT2D eigenvalue weighted by molar-refractivity contribution is 5.81. The van der Waals surface area contributed by atoms with Crippen molar-refractivity contribution in [3.8, 4) is 0 Å². The van der Waals surface area contributed by atoms with Crippen LogP contribution in [0.25, 0.3) is 17.1 Å². The highest BCUT2D eigenvalue weighted by Crippen LogP contribution is 2.15. The lowest BCUT2D eigenvalue weighted by Gasteiger charge is -1.98. The summed E-state index contributed by atoms with van der Waals surface area (Å²) in [7, 11) is 0. The molecule has 2 rings (SSSR count). The van der Waals surface area contributed by atoms with E-state index in [1.54, 1.807) is 0 Å². The molecule has 13 heavy (non-hydrogen) atoms. The van der Waals surface area contributed by atoms with E-state index in [9.17, 15) is 0 Å². The summed E-state index contributed by atoms with van der Waals surface area (Å²) in [6, 6.07) is 10.5. The molecular weight excluding hydrogens is 158 g/mol. The van der Waals surface area contributed by atoms with Gasteiger partial charge >= 0.3 is 0 Å². The molecule has 1 nitrogen and oxygen atoms in total. The van der Waals surface area contributed by atoms with Gasteiger partial charge in [0, 0.05) is 12.4 Å². The van der Waals surface area contributed by atoms with Gasteiger partial charge in [-0.05, 0) is 31.4 Å². The molecule has 0 amide bonds. The Balaban J connectivity index is 2.65. The second kappa shape index (κ2) is 3.09. The summed E-state index contributed by atoms with van der Waals surface area (Å²) < 4.78 is 2.16. The van der Waals surface area contributed by atoms with Gasteiger partial charge in [0.05, 0.1) is 5.52 Å². The molecule has 66 valence electrons. The second-order valence-corrected chi connectivity index (χ2v) is 3.49. The molecular formula is C12H13N. The van der Waals surface area contributed by atoms with Crippen molar-refractivity contribution in [3.63, 3.8) is 0 Å². The number of rotatable bonds is 1. The number of hydrogen-bond donors (Lipinski definition) is 0. The number of benzene rings is 1. The van der Waals surface area contributed by atoms with E-state index in [-0.39, 0.29) is 0 Å². The van der Waals surface area contributed by atoms with E-state index in [1.807, 2.05) is 0 Å². The molecule has 1 heteroatoms. The van der Waals surface area contributed by atoms with Crippen LogP contribution in [0.3, 0.4) is 0 Å². The van der Waals surface area contributed by atoms with Crippen molar-refractivity contribution < 1.29 is 0 Å². The van der Waals surface area contributed by atoms with Crippen LogP contribution < -0.4 is 0 Å². The molecule has 0 fully saturated rings. The molecule has 0 unspecified atom stereocenters. The fraction of sp³-hybridized carbons (Fsp3) is 0.167. The van der Waals surface area contributed by atoms with Crippen molar-refractivity contribution in [3.05, 3.63) is 42.1 Å². The van der Waals surface area contributed by atoms with Gasteiger partial charge in [-0.1, -0.05) is 23.8 Å². The largest absolute Gasteiger partial charge is 0.323 e. The Morgan fingerprint density at radius 3 is 2.69 bits per heavy atom. The van der Waals surface area contributed by atoms with Crippen LogP contribution in [-0.2, 0) is 0 Å². The lowest BCUT2D eigenvalue weighted by Crippen LogP contribution is -1.83. The molecule has 0 N–H and O–H groups in total. The van der Waals surface area contributed by atoms with Crippen molar-refractivity contribution >= 4 is 17.1 Å². The zero-order chi connectivity index (χ0) is 9.26. The lowest BCUT2D eigenvalue weighted by molar-refractivity contribution is 1.19.